The molecule has 1 aromatic carbocycles. The largest absolute Gasteiger partial charge is 0.368 e. The van der Waals surface area contributed by atoms with Gasteiger partial charge in [-0.3, -0.25) is 4.98 Å². The molecule has 19 heavy (non-hydrogen) atoms. The summed E-state index contributed by atoms with van der Waals surface area (Å²) < 4.78 is 0. The summed E-state index contributed by atoms with van der Waals surface area (Å²) in [7, 11) is 2.10. The second-order valence-electron chi connectivity index (χ2n) is 4.85. The first-order valence-corrected chi connectivity index (χ1v) is 6.61. The van der Waals surface area contributed by atoms with E-state index in [2.05, 4.69) is 42.1 Å². The number of aromatic nitrogens is 1. The van der Waals surface area contributed by atoms with Crippen molar-refractivity contribution in [3.63, 3.8) is 0 Å². The fraction of sp³-hybridized carbons (Fsp3) is 0.312. The molecule has 2 rings (SSSR count). The van der Waals surface area contributed by atoms with Crippen LogP contribution in [0.25, 0.3) is 0 Å². The Morgan fingerprint density at radius 2 is 2.05 bits per heavy atom. The molecule has 1 aromatic heterocycles. The van der Waals surface area contributed by atoms with Crippen LogP contribution in [0.4, 0.5) is 5.69 Å². The van der Waals surface area contributed by atoms with Crippen LogP contribution in [0.5, 0.6) is 0 Å². The maximum Gasteiger partial charge on any atom is 0.0598 e. The summed E-state index contributed by atoms with van der Waals surface area (Å²) in [5.74, 6) is 0. The van der Waals surface area contributed by atoms with E-state index in [1.165, 1.54) is 16.8 Å². The van der Waals surface area contributed by atoms with Crippen molar-refractivity contribution in [3.05, 3.63) is 59.4 Å². The molecule has 0 fully saturated rings. The molecule has 0 radical (unpaired) electrons. The Morgan fingerprint density at radius 1 is 1.21 bits per heavy atom. The van der Waals surface area contributed by atoms with E-state index in [-0.39, 0.29) is 0 Å². The zero-order valence-electron chi connectivity index (χ0n) is 11.6. The van der Waals surface area contributed by atoms with Gasteiger partial charge in [-0.2, -0.15) is 0 Å². The Bertz CT molecular complexity index is 523. The molecular weight excluding hydrogens is 234 g/mol. The van der Waals surface area contributed by atoms with Gasteiger partial charge >= 0.3 is 0 Å². The van der Waals surface area contributed by atoms with E-state index in [0.717, 1.165) is 18.7 Å². The highest BCUT2D eigenvalue weighted by molar-refractivity contribution is 5.54. The van der Waals surface area contributed by atoms with Crippen LogP contribution >= 0.6 is 0 Å². The van der Waals surface area contributed by atoms with Gasteiger partial charge in [0, 0.05) is 18.9 Å². The van der Waals surface area contributed by atoms with E-state index < -0.39 is 0 Å². The number of hydrogen-bond acceptors (Lipinski definition) is 3. The average molecular weight is 255 g/mol. The molecular formula is C16H21N3. The summed E-state index contributed by atoms with van der Waals surface area (Å²) >= 11 is 0. The van der Waals surface area contributed by atoms with Crippen LogP contribution in [0, 0.1) is 6.92 Å². The van der Waals surface area contributed by atoms with E-state index >= 15 is 0 Å². The van der Waals surface area contributed by atoms with E-state index in [1.807, 2.05) is 24.4 Å². The lowest BCUT2D eigenvalue weighted by Gasteiger charge is -2.22. The Morgan fingerprint density at radius 3 is 2.74 bits per heavy atom. The molecule has 3 heteroatoms. The summed E-state index contributed by atoms with van der Waals surface area (Å²) in [5, 5.41) is 0. The summed E-state index contributed by atoms with van der Waals surface area (Å²) in [6.45, 7) is 3.60. The highest BCUT2D eigenvalue weighted by Crippen LogP contribution is 2.22. The van der Waals surface area contributed by atoms with Gasteiger partial charge in [-0.15, -0.1) is 0 Å². The monoisotopic (exact) mass is 255 g/mol. The summed E-state index contributed by atoms with van der Waals surface area (Å²) in [6, 6.07) is 12.5. The second-order valence-corrected chi connectivity index (χ2v) is 4.85. The van der Waals surface area contributed by atoms with Gasteiger partial charge in [0.2, 0.25) is 0 Å². The molecule has 0 saturated heterocycles. The molecule has 0 aliphatic heterocycles. The maximum atomic E-state index is 5.70. The van der Waals surface area contributed by atoms with E-state index in [0.29, 0.717) is 6.54 Å². The van der Waals surface area contributed by atoms with Gasteiger partial charge < -0.3 is 10.6 Å². The minimum absolute atomic E-state index is 0.674. The van der Waals surface area contributed by atoms with Crippen molar-refractivity contribution in [3.8, 4) is 0 Å². The van der Waals surface area contributed by atoms with Crippen molar-refractivity contribution in [1.82, 2.24) is 4.98 Å². The molecule has 1 heterocycles. The first-order chi connectivity index (χ1) is 9.20. The zero-order chi connectivity index (χ0) is 13.7. The zero-order valence-corrected chi connectivity index (χ0v) is 11.6. The molecule has 0 amide bonds. The van der Waals surface area contributed by atoms with E-state index in [9.17, 15) is 0 Å². The Kier molecular flexibility index (Phi) is 4.53. The lowest BCUT2D eigenvalue weighted by Crippen LogP contribution is -2.19. The number of anilines is 1. The molecule has 0 atom stereocenters. The predicted octanol–water partition coefficient (Wildman–Crippen LogP) is 2.53. The fourth-order valence-electron chi connectivity index (χ4n) is 2.26. The highest BCUT2D eigenvalue weighted by atomic mass is 15.1. The van der Waals surface area contributed by atoms with Gasteiger partial charge in [0.05, 0.1) is 12.2 Å². The maximum absolute atomic E-state index is 5.70. The van der Waals surface area contributed by atoms with Crippen LogP contribution < -0.4 is 10.6 Å². The molecule has 0 unspecified atom stereocenters. The second kappa shape index (κ2) is 6.34. The fourth-order valence-corrected chi connectivity index (χ4v) is 2.26. The van der Waals surface area contributed by atoms with E-state index in [4.69, 9.17) is 5.73 Å². The van der Waals surface area contributed by atoms with Gasteiger partial charge in [0.15, 0.2) is 0 Å². The number of aryl methyl sites for hydroxylation is 1. The minimum atomic E-state index is 0.674. The van der Waals surface area contributed by atoms with Crippen LogP contribution in [0.3, 0.4) is 0 Å². The lowest BCUT2D eigenvalue weighted by atomic mass is 10.1. The predicted molar refractivity (Wildman–Crippen MR) is 80.3 cm³/mol. The molecule has 3 nitrogen and oxygen atoms in total. The molecule has 100 valence electrons. The van der Waals surface area contributed by atoms with Gasteiger partial charge in [-0.1, -0.05) is 23.8 Å². The van der Waals surface area contributed by atoms with Crippen LogP contribution in [-0.2, 0) is 13.0 Å². The average Bonchev–Trinajstić information content (AvgIpc) is 2.40. The van der Waals surface area contributed by atoms with Crippen LogP contribution in [-0.4, -0.2) is 18.6 Å². The minimum Gasteiger partial charge on any atom is -0.368 e. The number of rotatable bonds is 5. The SMILES string of the molecule is Cc1ccc(N(C)Cc2ccccn2)c(CCN)c1. The summed E-state index contributed by atoms with van der Waals surface area (Å²) in [6.07, 6.45) is 2.74. The van der Waals surface area contributed by atoms with Crippen molar-refractivity contribution in [1.29, 1.82) is 0 Å². The van der Waals surface area contributed by atoms with Gasteiger partial charge in [0.25, 0.3) is 0 Å². The molecule has 0 spiro atoms. The molecule has 0 bridgehead atoms. The number of nitrogens with zero attached hydrogens (tertiary/aromatic N) is 2. The van der Waals surface area contributed by atoms with Crippen molar-refractivity contribution in [2.45, 2.75) is 19.9 Å². The normalized spacial score (nSPS) is 10.5. The summed E-state index contributed by atoms with van der Waals surface area (Å²) in [4.78, 5) is 6.60. The number of benzene rings is 1. The van der Waals surface area contributed by atoms with Crippen LogP contribution in [0.15, 0.2) is 42.6 Å². The highest BCUT2D eigenvalue weighted by Gasteiger charge is 2.08. The quantitative estimate of drug-likeness (QED) is 0.892. The molecule has 2 N–H and O–H groups in total. The Balaban J connectivity index is 2.20. The Hall–Kier alpha value is -1.87. The number of nitrogens with two attached hydrogens (primary N) is 1. The third kappa shape index (κ3) is 3.55. The topological polar surface area (TPSA) is 42.2 Å². The molecule has 0 aliphatic rings. The van der Waals surface area contributed by atoms with Crippen molar-refractivity contribution in [2.24, 2.45) is 5.73 Å². The smallest absolute Gasteiger partial charge is 0.0598 e. The van der Waals surface area contributed by atoms with Gasteiger partial charge in [-0.25, -0.2) is 0 Å². The third-order valence-corrected chi connectivity index (χ3v) is 3.19. The van der Waals surface area contributed by atoms with E-state index in [1.54, 1.807) is 0 Å². The first-order valence-electron chi connectivity index (χ1n) is 6.61. The van der Waals surface area contributed by atoms with Crippen molar-refractivity contribution >= 4 is 5.69 Å². The number of hydrogen-bond donors (Lipinski definition) is 1. The van der Waals surface area contributed by atoms with Crippen LogP contribution in [0.2, 0.25) is 0 Å². The van der Waals surface area contributed by atoms with Gasteiger partial charge in [-0.05, 0) is 43.7 Å². The van der Waals surface area contributed by atoms with Gasteiger partial charge in [0.1, 0.15) is 0 Å². The number of pyridine rings is 1. The Labute approximate surface area is 115 Å². The van der Waals surface area contributed by atoms with Crippen molar-refractivity contribution < 1.29 is 0 Å². The molecule has 2 aromatic rings. The lowest BCUT2D eigenvalue weighted by molar-refractivity contribution is 0.865. The third-order valence-electron chi connectivity index (χ3n) is 3.19. The first kappa shape index (κ1) is 13.6. The summed E-state index contributed by atoms with van der Waals surface area (Å²) in [5.41, 5.74) is 10.6. The standard InChI is InChI=1S/C16H21N3/c1-13-6-7-16(14(11-13)8-9-17)19(2)12-15-5-3-4-10-18-15/h3-7,10-11H,8-9,12,17H2,1-2H3. The molecule has 0 saturated carbocycles. The molecule has 0 aliphatic carbocycles. The van der Waals surface area contributed by atoms with Crippen LogP contribution in [0.1, 0.15) is 16.8 Å². The van der Waals surface area contributed by atoms with Crippen molar-refractivity contribution in [2.75, 3.05) is 18.5 Å².